The number of amidine groups is 1. The first-order chi connectivity index (χ1) is 13.5. The van der Waals surface area contributed by atoms with Crippen LogP contribution in [-0.4, -0.2) is 42.7 Å². The summed E-state index contributed by atoms with van der Waals surface area (Å²) in [7, 11) is -3.38. The fourth-order valence-electron chi connectivity index (χ4n) is 3.56. The monoisotopic (exact) mass is 413 g/mol. The summed E-state index contributed by atoms with van der Waals surface area (Å²) in [6.45, 7) is 1.00. The maximum atomic E-state index is 13.2. The number of amides is 1. The summed E-state index contributed by atoms with van der Waals surface area (Å²) >= 11 is 1.32. The Kier molecular flexibility index (Phi) is 4.21. The summed E-state index contributed by atoms with van der Waals surface area (Å²) in [5.74, 6) is 0.0400. The van der Waals surface area contributed by atoms with Crippen LogP contribution >= 0.6 is 11.8 Å². The zero-order valence-electron chi connectivity index (χ0n) is 15.1. The summed E-state index contributed by atoms with van der Waals surface area (Å²) in [5, 5.41) is 0.481. The van der Waals surface area contributed by atoms with Gasteiger partial charge in [-0.25, -0.2) is 8.42 Å². The molecule has 2 aromatic rings. The van der Waals surface area contributed by atoms with Crippen molar-refractivity contribution < 1.29 is 13.2 Å². The van der Waals surface area contributed by atoms with Crippen LogP contribution in [0.15, 0.2) is 57.8 Å². The maximum Gasteiger partial charge on any atom is 0.257 e. The standard InChI is InChI=1S/C20H19N3O3S2/c24-19(23(16-7-8-16)13-14-4-2-1-3-5-14)15-6-9-17-18(12-15)27-20-21-28(25,26)11-10-22(17)20/h1-6,9,12,16H,7-8,10-11,13H2. The predicted molar refractivity (Wildman–Crippen MR) is 110 cm³/mol. The van der Waals surface area contributed by atoms with E-state index in [2.05, 4.69) is 4.40 Å². The van der Waals surface area contributed by atoms with Crippen molar-refractivity contribution in [3.8, 4) is 0 Å². The maximum absolute atomic E-state index is 13.2. The van der Waals surface area contributed by atoms with Gasteiger partial charge >= 0.3 is 0 Å². The molecule has 0 unspecified atom stereocenters. The molecule has 28 heavy (non-hydrogen) atoms. The molecule has 1 fully saturated rings. The molecule has 0 atom stereocenters. The average molecular weight is 414 g/mol. The fraction of sp³-hybridized carbons (Fsp3) is 0.300. The lowest BCUT2D eigenvalue weighted by Crippen LogP contribution is -2.35. The van der Waals surface area contributed by atoms with E-state index in [4.69, 9.17) is 0 Å². The summed E-state index contributed by atoms with van der Waals surface area (Å²) in [4.78, 5) is 18.0. The van der Waals surface area contributed by atoms with Crippen molar-refractivity contribution in [3.63, 3.8) is 0 Å². The average Bonchev–Trinajstić information content (AvgIpc) is 3.46. The fourth-order valence-corrected chi connectivity index (χ4v) is 5.86. The van der Waals surface area contributed by atoms with E-state index in [0.29, 0.717) is 29.9 Å². The van der Waals surface area contributed by atoms with Crippen LogP contribution in [0, 0.1) is 0 Å². The van der Waals surface area contributed by atoms with Crippen LogP contribution < -0.4 is 4.90 Å². The van der Waals surface area contributed by atoms with Crippen LogP contribution in [-0.2, 0) is 16.6 Å². The van der Waals surface area contributed by atoms with Crippen molar-refractivity contribution in [2.75, 3.05) is 17.2 Å². The molecule has 0 spiro atoms. The van der Waals surface area contributed by atoms with Gasteiger partial charge in [0.05, 0.1) is 11.4 Å². The minimum Gasteiger partial charge on any atom is -0.331 e. The molecular weight excluding hydrogens is 394 g/mol. The number of anilines is 1. The van der Waals surface area contributed by atoms with E-state index in [-0.39, 0.29) is 11.7 Å². The molecule has 0 aromatic heterocycles. The molecule has 1 aliphatic carbocycles. The second-order valence-electron chi connectivity index (χ2n) is 7.25. The van der Waals surface area contributed by atoms with Crippen molar-refractivity contribution in [1.29, 1.82) is 0 Å². The van der Waals surface area contributed by atoms with Crippen LogP contribution in [0.25, 0.3) is 0 Å². The first kappa shape index (κ1) is 17.8. The van der Waals surface area contributed by atoms with Gasteiger partial charge in [0.25, 0.3) is 15.9 Å². The quantitative estimate of drug-likeness (QED) is 0.770. The zero-order chi connectivity index (χ0) is 19.3. The molecule has 2 aromatic carbocycles. The Labute approximate surface area is 168 Å². The lowest BCUT2D eigenvalue weighted by molar-refractivity contribution is 0.0729. The van der Waals surface area contributed by atoms with Crippen molar-refractivity contribution in [3.05, 3.63) is 59.7 Å². The molecule has 2 aliphatic heterocycles. The van der Waals surface area contributed by atoms with Gasteiger partial charge < -0.3 is 9.80 Å². The van der Waals surface area contributed by atoms with Gasteiger partial charge in [-0.15, -0.1) is 4.40 Å². The number of hydrogen-bond donors (Lipinski definition) is 0. The Morgan fingerprint density at radius 1 is 1.18 bits per heavy atom. The largest absolute Gasteiger partial charge is 0.331 e. The topological polar surface area (TPSA) is 70.0 Å². The van der Waals surface area contributed by atoms with Crippen LogP contribution in [0.1, 0.15) is 28.8 Å². The van der Waals surface area contributed by atoms with Gasteiger partial charge in [0.15, 0.2) is 5.17 Å². The molecular formula is C20H19N3O3S2. The molecule has 0 N–H and O–H groups in total. The van der Waals surface area contributed by atoms with Gasteiger partial charge in [-0.1, -0.05) is 30.3 Å². The zero-order valence-corrected chi connectivity index (χ0v) is 16.7. The van der Waals surface area contributed by atoms with E-state index in [1.165, 1.54) is 11.8 Å². The highest BCUT2D eigenvalue weighted by Gasteiger charge is 2.36. The van der Waals surface area contributed by atoms with Gasteiger partial charge in [0.1, 0.15) is 0 Å². The second-order valence-corrected chi connectivity index (χ2v) is 10.0. The minimum absolute atomic E-state index is 0.0176. The van der Waals surface area contributed by atoms with Gasteiger partial charge in [0.2, 0.25) is 0 Å². The Bertz CT molecular complexity index is 1080. The van der Waals surface area contributed by atoms with E-state index >= 15 is 0 Å². The molecule has 2 heterocycles. The Morgan fingerprint density at radius 3 is 2.71 bits per heavy atom. The van der Waals surface area contributed by atoms with Crippen LogP contribution in [0.3, 0.4) is 0 Å². The van der Waals surface area contributed by atoms with Crippen molar-refractivity contribution >= 4 is 38.5 Å². The van der Waals surface area contributed by atoms with Gasteiger partial charge in [-0.05, 0) is 48.4 Å². The number of fused-ring (bicyclic) bond motifs is 3. The number of nitrogens with zero attached hydrogens (tertiary/aromatic N) is 3. The lowest BCUT2D eigenvalue weighted by atomic mass is 10.1. The van der Waals surface area contributed by atoms with Crippen molar-refractivity contribution in [2.24, 2.45) is 4.40 Å². The number of sulfonamides is 1. The van der Waals surface area contributed by atoms with Crippen molar-refractivity contribution in [1.82, 2.24) is 4.90 Å². The van der Waals surface area contributed by atoms with Crippen LogP contribution in [0.4, 0.5) is 5.69 Å². The number of thioether (sulfide) groups is 1. The van der Waals surface area contributed by atoms with Gasteiger partial charge in [-0.3, -0.25) is 4.79 Å². The molecule has 0 saturated heterocycles. The molecule has 6 nitrogen and oxygen atoms in total. The smallest absolute Gasteiger partial charge is 0.257 e. The number of hydrogen-bond acceptors (Lipinski definition) is 5. The molecule has 0 radical (unpaired) electrons. The number of benzene rings is 2. The van der Waals surface area contributed by atoms with Gasteiger partial charge in [-0.2, -0.15) is 0 Å². The van der Waals surface area contributed by atoms with Crippen LogP contribution in [0.2, 0.25) is 0 Å². The third-order valence-electron chi connectivity index (χ3n) is 5.16. The summed E-state index contributed by atoms with van der Waals surface area (Å²) in [6, 6.07) is 15.9. The third-order valence-corrected chi connectivity index (χ3v) is 7.47. The highest BCUT2D eigenvalue weighted by molar-refractivity contribution is 8.15. The van der Waals surface area contributed by atoms with E-state index in [1.54, 1.807) is 0 Å². The molecule has 144 valence electrons. The number of carbonyl (C=O) groups excluding carboxylic acids is 1. The normalized spacial score (nSPS) is 19.6. The summed E-state index contributed by atoms with van der Waals surface area (Å²) < 4.78 is 27.4. The molecule has 1 saturated carbocycles. The Hall–Kier alpha value is -2.32. The van der Waals surface area contributed by atoms with E-state index < -0.39 is 10.0 Å². The highest BCUT2D eigenvalue weighted by Crippen LogP contribution is 2.42. The molecule has 0 bridgehead atoms. The lowest BCUT2D eigenvalue weighted by Gasteiger charge is -2.24. The van der Waals surface area contributed by atoms with E-state index in [0.717, 1.165) is 29.0 Å². The third kappa shape index (κ3) is 3.31. The molecule has 1 amide bonds. The van der Waals surface area contributed by atoms with E-state index in [9.17, 15) is 13.2 Å². The van der Waals surface area contributed by atoms with E-state index in [1.807, 2.05) is 58.3 Å². The van der Waals surface area contributed by atoms with Crippen LogP contribution in [0.5, 0.6) is 0 Å². The molecule has 8 heteroatoms. The number of carbonyl (C=O) groups is 1. The summed E-state index contributed by atoms with van der Waals surface area (Å²) in [6.07, 6.45) is 2.08. The SMILES string of the molecule is O=C(c1ccc2c(c1)SC1=NS(=O)(=O)CCN12)N(Cc1ccccc1)C1CC1. The number of rotatable bonds is 4. The molecule has 5 rings (SSSR count). The minimum atomic E-state index is -3.38. The highest BCUT2D eigenvalue weighted by atomic mass is 32.2. The van der Waals surface area contributed by atoms with Gasteiger partial charge in [0, 0.05) is 29.6 Å². The van der Waals surface area contributed by atoms with Crippen molar-refractivity contribution in [2.45, 2.75) is 30.3 Å². The predicted octanol–water partition coefficient (Wildman–Crippen LogP) is 3.10. The Balaban J connectivity index is 1.42. The Morgan fingerprint density at radius 2 is 1.96 bits per heavy atom. The molecule has 3 aliphatic rings. The first-order valence-corrected chi connectivity index (χ1v) is 11.7. The first-order valence-electron chi connectivity index (χ1n) is 9.27. The second kappa shape index (κ2) is 6.63. The summed E-state index contributed by atoms with van der Waals surface area (Å²) in [5.41, 5.74) is 2.68.